The summed E-state index contributed by atoms with van der Waals surface area (Å²) < 4.78 is 13.3. The fourth-order valence-corrected chi connectivity index (χ4v) is 0.296. The Bertz CT molecular complexity index is 168. The first-order valence-electron chi connectivity index (χ1n) is 2.13. The Morgan fingerprint density at radius 1 is 1.70 bits per heavy atom. The molecule has 0 aliphatic rings. The fourth-order valence-electron chi connectivity index (χ4n) is 0.146. The van der Waals surface area contributed by atoms with Crippen molar-refractivity contribution in [3.05, 3.63) is 0 Å². The molecule has 0 atom stereocenters. The molecule has 0 spiro atoms. The van der Waals surface area contributed by atoms with E-state index in [1.54, 1.807) is 0 Å². The minimum Gasteiger partial charge on any atom is -0.301 e. The summed E-state index contributed by atoms with van der Waals surface area (Å²) in [6, 6.07) is 0. The molecule has 0 fully saturated rings. The third kappa shape index (κ3) is 7.59. The predicted octanol–water partition coefficient (Wildman–Crippen LogP) is -0.835. The zero-order valence-corrected chi connectivity index (χ0v) is 5.75. The third-order valence-electron chi connectivity index (χ3n) is 0.368. The van der Waals surface area contributed by atoms with Crippen LogP contribution in [-0.4, -0.2) is 16.3 Å². The lowest BCUT2D eigenvalue weighted by Gasteiger charge is -2.01. The van der Waals surface area contributed by atoms with Crippen molar-refractivity contribution in [2.75, 3.05) is 6.54 Å². The second kappa shape index (κ2) is 4.41. The molecule has 0 saturated carbocycles. The van der Waals surface area contributed by atoms with Crippen LogP contribution >= 0.6 is 7.82 Å². The summed E-state index contributed by atoms with van der Waals surface area (Å²) in [5, 5.41) is 0. The lowest BCUT2D eigenvalue weighted by molar-refractivity contribution is -0.267. The van der Waals surface area contributed by atoms with E-state index in [-0.39, 0.29) is 6.54 Å². The molecule has 0 aromatic heterocycles. The van der Waals surface area contributed by atoms with Crippen molar-refractivity contribution in [1.29, 1.82) is 0 Å². The third-order valence-corrected chi connectivity index (χ3v) is 0.636. The Balaban J connectivity index is 3.23. The van der Waals surface area contributed by atoms with Gasteiger partial charge >= 0.3 is 7.82 Å². The first kappa shape index (κ1) is 9.59. The van der Waals surface area contributed by atoms with Gasteiger partial charge in [0.1, 0.15) is 0 Å². The van der Waals surface area contributed by atoms with Gasteiger partial charge in [-0.2, -0.15) is 5.48 Å². The summed E-state index contributed by atoms with van der Waals surface area (Å²) in [6.07, 6.45) is 4.74. The van der Waals surface area contributed by atoms with E-state index in [0.29, 0.717) is 0 Å². The first-order valence-corrected chi connectivity index (χ1v) is 3.66. The second-order valence-corrected chi connectivity index (χ2v) is 2.30. The number of phosphoric acid groups is 1. The van der Waals surface area contributed by atoms with Crippen molar-refractivity contribution in [2.45, 2.75) is 0 Å². The van der Waals surface area contributed by atoms with Crippen LogP contribution in [0.1, 0.15) is 0 Å². The van der Waals surface area contributed by atoms with Crippen molar-refractivity contribution in [3.8, 4) is 12.3 Å². The van der Waals surface area contributed by atoms with Gasteiger partial charge in [0, 0.05) is 0 Å². The zero-order valence-electron chi connectivity index (χ0n) is 4.85. The van der Waals surface area contributed by atoms with Crippen molar-refractivity contribution in [1.82, 2.24) is 5.48 Å². The molecule has 0 aromatic carbocycles. The highest BCUT2D eigenvalue weighted by Crippen LogP contribution is 2.35. The van der Waals surface area contributed by atoms with E-state index < -0.39 is 7.82 Å². The molecule has 0 rings (SSSR count). The molecule has 0 heterocycles. The molecular weight excluding hydrogens is 161 g/mol. The van der Waals surface area contributed by atoms with Crippen LogP contribution in [0.15, 0.2) is 0 Å². The maximum absolute atomic E-state index is 9.85. The average molecular weight is 167 g/mol. The highest BCUT2D eigenvalue weighted by Gasteiger charge is 2.14. The van der Waals surface area contributed by atoms with Crippen LogP contribution in [0.4, 0.5) is 0 Å². The van der Waals surface area contributed by atoms with E-state index in [9.17, 15) is 4.57 Å². The quantitative estimate of drug-likeness (QED) is 0.166. The van der Waals surface area contributed by atoms with E-state index in [4.69, 9.17) is 16.2 Å². The van der Waals surface area contributed by atoms with Crippen LogP contribution in [0.25, 0.3) is 0 Å². The fraction of sp³-hybridized carbons (Fsp3) is 0.333. The van der Waals surface area contributed by atoms with E-state index in [1.807, 2.05) is 5.48 Å². The molecule has 10 heavy (non-hydrogen) atoms. The molecule has 3 N–H and O–H groups in total. The van der Waals surface area contributed by atoms with Crippen molar-refractivity contribution < 1.29 is 24.0 Å². The summed E-state index contributed by atoms with van der Waals surface area (Å²) in [5.74, 6) is 2.08. The molecule has 6 nitrogen and oxygen atoms in total. The Hall–Kier alpha value is -0.410. The molecule has 0 amide bonds. The van der Waals surface area contributed by atoms with Gasteiger partial charge in [-0.15, -0.1) is 16.1 Å². The Morgan fingerprint density at radius 2 is 2.30 bits per heavy atom. The van der Waals surface area contributed by atoms with E-state index in [1.165, 1.54) is 0 Å². The predicted molar refractivity (Wildman–Crippen MR) is 31.0 cm³/mol. The van der Waals surface area contributed by atoms with Gasteiger partial charge in [0.2, 0.25) is 0 Å². The van der Waals surface area contributed by atoms with Crippen molar-refractivity contribution in [3.63, 3.8) is 0 Å². The van der Waals surface area contributed by atoms with Crippen LogP contribution in [0.5, 0.6) is 0 Å². The van der Waals surface area contributed by atoms with Gasteiger partial charge in [0.05, 0.1) is 6.54 Å². The number of nitrogens with one attached hydrogen (secondary N) is 1. The number of hydrogen-bond acceptors (Lipinski definition) is 4. The number of terminal acetylenes is 1. The minimum atomic E-state index is -4.56. The molecule has 0 saturated heterocycles. The topological polar surface area (TPSA) is 88.0 Å². The molecule has 58 valence electrons. The Morgan fingerprint density at radius 3 is 2.70 bits per heavy atom. The van der Waals surface area contributed by atoms with Gasteiger partial charge in [0.25, 0.3) is 0 Å². The first-order chi connectivity index (χ1) is 4.56. The Kier molecular flexibility index (Phi) is 4.23. The normalized spacial score (nSPS) is 10.9. The lowest BCUT2D eigenvalue weighted by Crippen LogP contribution is -2.13. The van der Waals surface area contributed by atoms with Gasteiger partial charge in [-0.3, -0.25) is 0 Å². The maximum Gasteiger partial charge on any atom is 0.498 e. The molecule has 0 aromatic rings. The van der Waals surface area contributed by atoms with Crippen LogP contribution in [0.2, 0.25) is 0 Å². The summed E-state index contributed by atoms with van der Waals surface area (Å²) >= 11 is 0. The molecular formula is C3H6NO5P. The van der Waals surface area contributed by atoms with Crippen LogP contribution < -0.4 is 5.48 Å². The van der Waals surface area contributed by atoms with E-state index in [0.717, 1.165) is 0 Å². The Labute approximate surface area is 57.3 Å². The van der Waals surface area contributed by atoms with Gasteiger partial charge in [-0.05, 0) is 0 Å². The monoisotopic (exact) mass is 167 g/mol. The van der Waals surface area contributed by atoms with Crippen LogP contribution in [-0.2, 0) is 14.2 Å². The number of hydroxylamine groups is 1. The molecule has 0 aliphatic heterocycles. The van der Waals surface area contributed by atoms with Gasteiger partial charge in [-0.1, -0.05) is 5.92 Å². The SMILES string of the molecule is C#CCNOOP(=O)(O)O. The zero-order chi connectivity index (χ0) is 8.04. The summed E-state index contributed by atoms with van der Waals surface area (Å²) in [6.45, 7) is 0. The number of hydrogen-bond donors (Lipinski definition) is 3. The van der Waals surface area contributed by atoms with Gasteiger partial charge in [-0.25, -0.2) is 4.57 Å². The van der Waals surface area contributed by atoms with E-state index in [2.05, 4.69) is 15.6 Å². The smallest absolute Gasteiger partial charge is 0.301 e. The second-order valence-electron chi connectivity index (χ2n) is 1.17. The molecule has 0 radical (unpaired) electrons. The van der Waals surface area contributed by atoms with Crippen molar-refractivity contribution in [2.24, 2.45) is 0 Å². The highest BCUT2D eigenvalue weighted by atomic mass is 31.2. The molecule has 0 bridgehead atoms. The highest BCUT2D eigenvalue weighted by molar-refractivity contribution is 7.46. The number of rotatable bonds is 4. The minimum absolute atomic E-state index is 0. The average Bonchev–Trinajstić information content (AvgIpc) is 1.78. The summed E-state index contributed by atoms with van der Waals surface area (Å²) in [5.41, 5.74) is 1.94. The molecule has 7 heteroatoms. The summed E-state index contributed by atoms with van der Waals surface area (Å²) in [4.78, 5) is 19.8. The van der Waals surface area contributed by atoms with Crippen LogP contribution in [0.3, 0.4) is 0 Å². The standard InChI is InChI=1S/C3H6NO5P/c1-2-3-4-8-9-10(5,6)7/h1,4H,3H2,(H2,5,6,7). The largest absolute Gasteiger partial charge is 0.498 e. The maximum atomic E-state index is 9.85. The van der Waals surface area contributed by atoms with Crippen molar-refractivity contribution >= 4 is 7.82 Å². The molecule has 0 aliphatic carbocycles. The van der Waals surface area contributed by atoms with Crippen LogP contribution in [0, 0.1) is 12.3 Å². The summed E-state index contributed by atoms with van der Waals surface area (Å²) in [7, 11) is -4.56. The molecule has 0 unspecified atom stereocenters. The van der Waals surface area contributed by atoms with Gasteiger partial charge < -0.3 is 9.79 Å². The van der Waals surface area contributed by atoms with Gasteiger partial charge in [0.15, 0.2) is 0 Å². The van der Waals surface area contributed by atoms with E-state index >= 15 is 0 Å². The lowest BCUT2D eigenvalue weighted by atomic mass is 10.7.